The summed E-state index contributed by atoms with van der Waals surface area (Å²) in [5, 5.41) is 12.5. The molecule has 2 rings (SSSR count). The number of carbonyl (C=O) groups excluding carboxylic acids is 2. The third kappa shape index (κ3) is 5.16. The summed E-state index contributed by atoms with van der Waals surface area (Å²) in [5.41, 5.74) is 0.607. The van der Waals surface area contributed by atoms with Crippen LogP contribution < -0.4 is 10.1 Å². The molecular formula is C17H23NO5. The summed E-state index contributed by atoms with van der Waals surface area (Å²) >= 11 is 0. The predicted molar refractivity (Wildman–Crippen MR) is 84.2 cm³/mol. The molecule has 1 aliphatic heterocycles. The molecule has 1 aliphatic rings. The van der Waals surface area contributed by atoms with Crippen LogP contribution in [0.5, 0.6) is 11.5 Å². The minimum atomic E-state index is -0.877. The van der Waals surface area contributed by atoms with E-state index in [1.165, 1.54) is 0 Å². The Hall–Kier alpha value is -2.24. The van der Waals surface area contributed by atoms with Crippen molar-refractivity contribution in [3.8, 4) is 11.5 Å². The second-order valence-electron chi connectivity index (χ2n) is 5.63. The number of amides is 1. The molecular weight excluding hydrogens is 298 g/mol. The summed E-state index contributed by atoms with van der Waals surface area (Å²) in [6.07, 6.45) is 4.13. The van der Waals surface area contributed by atoms with Gasteiger partial charge in [0.25, 0.3) is 0 Å². The maximum atomic E-state index is 11.8. The number of phenolic OH excluding ortho intramolecular Hbond substituents is 1. The molecule has 1 fully saturated rings. The van der Waals surface area contributed by atoms with E-state index < -0.39 is 12.4 Å². The van der Waals surface area contributed by atoms with E-state index in [0.29, 0.717) is 30.6 Å². The van der Waals surface area contributed by atoms with Crippen LogP contribution >= 0.6 is 0 Å². The zero-order valence-electron chi connectivity index (χ0n) is 13.3. The maximum Gasteiger partial charge on any atom is 0.515 e. The van der Waals surface area contributed by atoms with Crippen molar-refractivity contribution in [1.82, 2.24) is 5.32 Å². The van der Waals surface area contributed by atoms with Crippen LogP contribution in [0.3, 0.4) is 0 Å². The van der Waals surface area contributed by atoms with Gasteiger partial charge in [0.05, 0.1) is 0 Å². The molecule has 0 spiro atoms. The highest BCUT2D eigenvalue weighted by Gasteiger charge is 2.25. The number of aromatic hydroxyl groups is 1. The summed E-state index contributed by atoms with van der Waals surface area (Å²) < 4.78 is 10.3. The molecule has 0 bridgehead atoms. The Bertz CT molecular complexity index is 558. The lowest BCUT2D eigenvalue weighted by molar-refractivity contribution is -0.120. The van der Waals surface area contributed by atoms with Crippen LogP contribution in [0.25, 0.3) is 0 Å². The molecule has 6 nitrogen and oxygen atoms in total. The van der Waals surface area contributed by atoms with Crippen molar-refractivity contribution in [2.24, 2.45) is 0 Å². The van der Waals surface area contributed by atoms with E-state index in [4.69, 9.17) is 9.47 Å². The third-order valence-corrected chi connectivity index (χ3v) is 3.78. The minimum Gasteiger partial charge on any atom is -0.508 e. The van der Waals surface area contributed by atoms with E-state index in [1.54, 1.807) is 18.2 Å². The van der Waals surface area contributed by atoms with Crippen molar-refractivity contribution in [3.63, 3.8) is 0 Å². The van der Waals surface area contributed by atoms with Crippen LogP contribution in [0.1, 0.15) is 51.0 Å². The smallest absolute Gasteiger partial charge is 0.508 e. The Morgan fingerprint density at radius 3 is 2.87 bits per heavy atom. The second-order valence-corrected chi connectivity index (χ2v) is 5.63. The van der Waals surface area contributed by atoms with Gasteiger partial charge in [0.1, 0.15) is 11.5 Å². The monoisotopic (exact) mass is 321 g/mol. The first-order valence-corrected chi connectivity index (χ1v) is 8.09. The first kappa shape index (κ1) is 17.1. The van der Waals surface area contributed by atoms with E-state index in [0.717, 1.165) is 25.7 Å². The van der Waals surface area contributed by atoms with Gasteiger partial charge in [-0.3, -0.25) is 4.79 Å². The number of hydrogen-bond donors (Lipinski definition) is 2. The quantitative estimate of drug-likeness (QED) is 0.457. The van der Waals surface area contributed by atoms with E-state index in [9.17, 15) is 14.7 Å². The fraction of sp³-hybridized carbons (Fsp3) is 0.529. The van der Waals surface area contributed by atoms with Gasteiger partial charge in [-0.25, -0.2) is 4.79 Å². The maximum absolute atomic E-state index is 11.8. The Labute approximate surface area is 135 Å². The molecule has 1 saturated heterocycles. The second kappa shape index (κ2) is 8.41. The molecule has 1 aromatic rings. The number of ether oxygens (including phenoxy) is 2. The van der Waals surface area contributed by atoms with E-state index in [1.807, 2.05) is 0 Å². The topological polar surface area (TPSA) is 84.9 Å². The van der Waals surface area contributed by atoms with E-state index >= 15 is 0 Å². The summed E-state index contributed by atoms with van der Waals surface area (Å²) in [6, 6.07) is 4.82. The molecule has 1 aromatic carbocycles. The number of benzene rings is 1. The molecule has 23 heavy (non-hydrogen) atoms. The number of nitrogens with one attached hydrogen (secondary N) is 1. The molecule has 0 aliphatic carbocycles. The normalized spacial score (nSPS) is 16.9. The number of carbonyl (C=O) groups is 2. The molecule has 0 aromatic heterocycles. The van der Waals surface area contributed by atoms with Gasteiger partial charge < -0.3 is 19.9 Å². The van der Waals surface area contributed by atoms with Crippen LogP contribution in [0.15, 0.2) is 18.2 Å². The van der Waals surface area contributed by atoms with Crippen molar-refractivity contribution in [2.75, 3.05) is 0 Å². The van der Waals surface area contributed by atoms with Crippen molar-refractivity contribution in [3.05, 3.63) is 23.8 Å². The Morgan fingerprint density at radius 2 is 2.17 bits per heavy atom. The van der Waals surface area contributed by atoms with Crippen LogP contribution in [-0.2, 0) is 16.0 Å². The zero-order chi connectivity index (χ0) is 16.7. The lowest BCUT2D eigenvalue weighted by Crippen LogP contribution is -2.31. The Balaban J connectivity index is 1.94. The highest BCUT2D eigenvalue weighted by atomic mass is 16.7. The molecule has 1 amide bonds. The van der Waals surface area contributed by atoms with Crippen LogP contribution in [0.2, 0.25) is 0 Å². The van der Waals surface area contributed by atoms with Crippen molar-refractivity contribution in [2.45, 2.75) is 58.1 Å². The molecule has 2 N–H and O–H groups in total. The number of unbranched alkanes of at least 4 members (excludes halogenated alkanes) is 3. The van der Waals surface area contributed by atoms with Crippen molar-refractivity contribution >= 4 is 12.1 Å². The van der Waals surface area contributed by atoms with Crippen LogP contribution in [0.4, 0.5) is 4.79 Å². The lowest BCUT2D eigenvalue weighted by Gasteiger charge is -2.14. The molecule has 0 radical (unpaired) electrons. The van der Waals surface area contributed by atoms with Crippen LogP contribution in [-0.4, -0.2) is 23.4 Å². The fourth-order valence-corrected chi connectivity index (χ4v) is 2.53. The molecule has 1 atom stereocenters. The standard InChI is InChI=1S/C17H23NO5/c1-2-3-4-5-7-12-13(19)8-6-9-14(12)22-17(21)23-16-11-10-15(20)18-16/h6,8-9,16,19H,2-5,7,10-11H2,1H3,(H,18,20). The molecule has 1 heterocycles. The highest BCUT2D eigenvalue weighted by molar-refractivity contribution is 5.78. The van der Waals surface area contributed by atoms with Gasteiger partial charge in [-0.15, -0.1) is 0 Å². The summed E-state index contributed by atoms with van der Waals surface area (Å²) in [5.74, 6) is 0.272. The SMILES string of the molecule is CCCCCCc1c(O)cccc1OC(=O)OC1CCC(=O)N1. The van der Waals surface area contributed by atoms with E-state index in [2.05, 4.69) is 12.2 Å². The van der Waals surface area contributed by atoms with Gasteiger partial charge in [-0.1, -0.05) is 32.3 Å². The molecule has 1 unspecified atom stereocenters. The lowest BCUT2D eigenvalue weighted by atomic mass is 10.0. The molecule has 0 saturated carbocycles. The van der Waals surface area contributed by atoms with Crippen molar-refractivity contribution < 1.29 is 24.2 Å². The minimum absolute atomic E-state index is 0.112. The van der Waals surface area contributed by atoms with Gasteiger partial charge in [0.15, 0.2) is 6.23 Å². The first-order chi connectivity index (χ1) is 11.1. The summed E-state index contributed by atoms with van der Waals surface area (Å²) in [4.78, 5) is 22.9. The van der Waals surface area contributed by atoms with Crippen molar-refractivity contribution in [1.29, 1.82) is 0 Å². The Kier molecular flexibility index (Phi) is 6.26. The average Bonchev–Trinajstić information content (AvgIpc) is 2.91. The highest BCUT2D eigenvalue weighted by Crippen LogP contribution is 2.30. The van der Waals surface area contributed by atoms with Gasteiger partial charge in [0.2, 0.25) is 5.91 Å². The number of rotatable bonds is 7. The average molecular weight is 321 g/mol. The zero-order valence-corrected chi connectivity index (χ0v) is 13.3. The summed E-state index contributed by atoms with van der Waals surface area (Å²) in [7, 11) is 0. The van der Waals surface area contributed by atoms with Gasteiger partial charge in [0, 0.05) is 18.4 Å². The number of phenols is 1. The fourth-order valence-electron chi connectivity index (χ4n) is 2.53. The van der Waals surface area contributed by atoms with E-state index in [-0.39, 0.29) is 11.7 Å². The predicted octanol–water partition coefficient (Wildman–Crippen LogP) is 3.27. The molecule has 126 valence electrons. The van der Waals surface area contributed by atoms with Crippen LogP contribution in [0, 0.1) is 0 Å². The largest absolute Gasteiger partial charge is 0.515 e. The van der Waals surface area contributed by atoms with Gasteiger partial charge >= 0.3 is 6.16 Å². The third-order valence-electron chi connectivity index (χ3n) is 3.78. The number of hydrogen-bond acceptors (Lipinski definition) is 5. The first-order valence-electron chi connectivity index (χ1n) is 8.09. The summed E-state index contributed by atoms with van der Waals surface area (Å²) in [6.45, 7) is 2.13. The molecule has 6 heteroatoms. The van der Waals surface area contributed by atoms with Gasteiger partial charge in [-0.2, -0.15) is 0 Å². The van der Waals surface area contributed by atoms with Gasteiger partial charge in [-0.05, 0) is 25.0 Å². The Morgan fingerprint density at radius 1 is 1.35 bits per heavy atom.